The number of hydrogen-bond acceptors (Lipinski definition) is 0. The molecule has 2 unspecified atom stereocenters. The second kappa shape index (κ2) is 3.14. The van der Waals surface area contributed by atoms with Crippen LogP contribution in [0.3, 0.4) is 0 Å². The lowest BCUT2D eigenvalue weighted by Gasteiger charge is -2.19. The molecule has 50 valence electrons. The molecule has 2 heteroatoms. The topological polar surface area (TPSA) is 0 Å². The minimum absolute atomic E-state index is 0.579. The Bertz CT molecular complexity index is 66.9. The Hall–Kier alpha value is 0.860. The van der Waals surface area contributed by atoms with Gasteiger partial charge < -0.3 is 0 Å². The lowest BCUT2D eigenvalue weighted by Crippen LogP contribution is -1.99. The smallest absolute Gasteiger partial charge is 0.0310 e. The molecule has 0 aromatic carbocycles. The van der Waals surface area contributed by atoms with Gasteiger partial charge in [-0.2, -0.15) is 0 Å². The molecule has 0 amide bonds. The summed E-state index contributed by atoms with van der Waals surface area (Å²) in [5.74, 6) is 0. The largest absolute Gasteiger partial charge is 0.0656 e. The molecule has 0 fully saturated rings. The summed E-state index contributed by atoms with van der Waals surface area (Å²) in [5, 5.41) is 0. The summed E-state index contributed by atoms with van der Waals surface area (Å²) in [6, 6.07) is 0. The summed E-state index contributed by atoms with van der Waals surface area (Å²) in [5.41, 5.74) is 0.887. The van der Waals surface area contributed by atoms with Gasteiger partial charge in [-0.25, -0.2) is 0 Å². The molecule has 0 nitrogen and oxygen atoms in total. The Morgan fingerprint density at radius 2 is 1.88 bits per heavy atom. The molecule has 0 spiro atoms. The molecule has 0 saturated heterocycles. The van der Waals surface area contributed by atoms with Gasteiger partial charge in [0.15, 0.2) is 0 Å². The van der Waals surface area contributed by atoms with Crippen LogP contribution in [0.1, 0.15) is 20.8 Å². The fraction of sp³-hybridized carbons (Fsp3) is 1.00. The van der Waals surface area contributed by atoms with Crippen molar-refractivity contribution in [3.8, 4) is 0 Å². The highest BCUT2D eigenvalue weighted by atomic mass is 32.1. The van der Waals surface area contributed by atoms with Crippen molar-refractivity contribution in [1.82, 2.24) is 0 Å². The van der Waals surface area contributed by atoms with Crippen molar-refractivity contribution in [3.63, 3.8) is 0 Å². The van der Waals surface area contributed by atoms with Crippen LogP contribution in [0.4, 0.5) is 0 Å². The van der Waals surface area contributed by atoms with Gasteiger partial charge in [-0.1, -0.05) is 0 Å². The fourth-order valence-corrected chi connectivity index (χ4v) is 1.10. The molecule has 0 bridgehead atoms. The van der Waals surface area contributed by atoms with Crippen molar-refractivity contribution >= 4 is 15.9 Å². The first kappa shape index (κ1) is 8.86. The van der Waals surface area contributed by atoms with E-state index in [1.807, 2.05) is 0 Å². The fourth-order valence-electron chi connectivity index (χ4n) is 0.365. The van der Waals surface area contributed by atoms with Gasteiger partial charge in [0.05, 0.1) is 18.5 Å². The highest BCUT2D eigenvalue weighted by molar-refractivity contribution is 8.24. The second-order valence-electron chi connectivity index (χ2n) is 2.76. The van der Waals surface area contributed by atoms with E-state index in [0.717, 1.165) is 5.66 Å². The molecule has 0 aliphatic carbocycles. The molecule has 0 N–H and O–H groups in total. The van der Waals surface area contributed by atoms with Crippen LogP contribution in [0, 0.1) is 0 Å². The molecular weight excluding hydrogens is 134 g/mol. The molecular formula is C6H17P2+. The first-order valence-electron chi connectivity index (χ1n) is 3.14. The van der Waals surface area contributed by atoms with Crippen molar-refractivity contribution in [1.29, 1.82) is 0 Å². The first-order chi connectivity index (χ1) is 3.50. The first-order valence-corrected chi connectivity index (χ1v) is 7.25. The average molecular weight is 151 g/mol. The number of rotatable bonds is 2. The third-order valence-corrected chi connectivity index (χ3v) is 8.47. The van der Waals surface area contributed by atoms with E-state index in [9.17, 15) is 0 Å². The van der Waals surface area contributed by atoms with Gasteiger partial charge in [-0.3, -0.25) is 0 Å². The summed E-state index contributed by atoms with van der Waals surface area (Å²) in [6.07, 6.45) is 1.36. The molecule has 0 aliphatic rings. The van der Waals surface area contributed by atoms with Crippen LogP contribution in [-0.2, 0) is 0 Å². The second-order valence-corrected chi connectivity index (χ2v) is 10.7. The highest BCUT2D eigenvalue weighted by Gasteiger charge is 2.26. The van der Waals surface area contributed by atoms with Gasteiger partial charge in [-0.15, -0.1) is 0 Å². The van der Waals surface area contributed by atoms with Crippen LogP contribution in [-0.4, -0.2) is 18.5 Å². The van der Waals surface area contributed by atoms with E-state index in [4.69, 9.17) is 0 Å². The summed E-state index contributed by atoms with van der Waals surface area (Å²) >= 11 is 0. The quantitative estimate of drug-likeness (QED) is 0.532. The monoisotopic (exact) mass is 151 g/mol. The molecule has 0 saturated carbocycles. The predicted octanol–water partition coefficient (Wildman–Crippen LogP) is 2.85. The minimum Gasteiger partial charge on any atom is -0.0310 e. The molecule has 0 radical (unpaired) electrons. The normalized spacial score (nSPS) is 18.8. The predicted molar refractivity (Wildman–Crippen MR) is 48.2 cm³/mol. The lowest BCUT2D eigenvalue weighted by atomic mass is 10.6. The van der Waals surface area contributed by atoms with Crippen molar-refractivity contribution in [2.75, 3.05) is 12.8 Å². The van der Waals surface area contributed by atoms with E-state index in [2.05, 4.69) is 36.4 Å². The van der Waals surface area contributed by atoms with E-state index >= 15 is 0 Å². The summed E-state index contributed by atoms with van der Waals surface area (Å²) in [4.78, 5) is 0. The Kier molecular flexibility index (Phi) is 3.47. The Labute approximate surface area is 55.9 Å². The van der Waals surface area contributed by atoms with Crippen LogP contribution < -0.4 is 0 Å². The van der Waals surface area contributed by atoms with Crippen LogP contribution in [0.2, 0.25) is 0 Å². The van der Waals surface area contributed by atoms with Gasteiger partial charge in [0, 0.05) is 15.9 Å². The third kappa shape index (κ3) is 2.42. The van der Waals surface area contributed by atoms with E-state index in [0.29, 0.717) is 0 Å². The molecule has 0 rings (SSSR count). The summed E-state index contributed by atoms with van der Waals surface area (Å²) in [7, 11) is 3.02. The van der Waals surface area contributed by atoms with Gasteiger partial charge >= 0.3 is 0 Å². The zero-order valence-corrected chi connectivity index (χ0v) is 8.36. The van der Waals surface area contributed by atoms with Crippen LogP contribution in [0.15, 0.2) is 0 Å². The van der Waals surface area contributed by atoms with Gasteiger partial charge in [0.2, 0.25) is 0 Å². The summed E-state index contributed by atoms with van der Waals surface area (Å²) < 4.78 is 0. The lowest BCUT2D eigenvalue weighted by molar-refractivity contribution is 1.08. The average Bonchev–Trinajstić information content (AvgIpc) is 1.67. The van der Waals surface area contributed by atoms with Gasteiger partial charge in [-0.05, 0) is 20.8 Å². The van der Waals surface area contributed by atoms with Crippen LogP contribution in [0.5, 0.6) is 0 Å². The maximum Gasteiger partial charge on any atom is 0.0656 e. The van der Waals surface area contributed by atoms with E-state index in [1.54, 1.807) is 0 Å². The molecule has 0 aliphatic heterocycles. The van der Waals surface area contributed by atoms with E-state index in [1.165, 1.54) is 6.16 Å². The van der Waals surface area contributed by atoms with Crippen LogP contribution in [0.25, 0.3) is 0 Å². The maximum atomic E-state index is 3.02. The van der Waals surface area contributed by atoms with E-state index < -0.39 is 6.95 Å². The molecule has 0 aromatic rings. The maximum absolute atomic E-state index is 3.02. The third-order valence-electron chi connectivity index (χ3n) is 1.86. The Balaban J connectivity index is 3.71. The van der Waals surface area contributed by atoms with Crippen molar-refractivity contribution in [3.05, 3.63) is 0 Å². The molecule has 0 heterocycles. The molecule has 2 atom stereocenters. The van der Waals surface area contributed by atoms with Crippen LogP contribution >= 0.6 is 15.9 Å². The summed E-state index contributed by atoms with van der Waals surface area (Å²) in [6.45, 7) is 8.71. The zero-order chi connectivity index (χ0) is 6.78. The number of hydrogen-bond donors (Lipinski definition) is 0. The zero-order valence-electron chi connectivity index (χ0n) is 6.31. The standard InChI is InChI=1S/C6H17P2/c1-5-8(4,7)6(2)3/h6H,5,7H2,1-4H3/q+1. The highest BCUT2D eigenvalue weighted by Crippen LogP contribution is 2.66. The van der Waals surface area contributed by atoms with Crippen molar-refractivity contribution in [2.45, 2.75) is 26.4 Å². The SMILES string of the molecule is CC[P+](C)(P)C(C)C. The van der Waals surface area contributed by atoms with Crippen molar-refractivity contribution < 1.29 is 0 Å². The molecule has 0 aromatic heterocycles. The Morgan fingerprint density at radius 1 is 1.50 bits per heavy atom. The van der Waals surface area contributed by atoms with Gasteiger partial charge in [0.1, 0.15) is 0 Å². The van der Waals surface area contributed by atoms with Gasteiger partial charge in [0.25, 0.3) is 0 Å². The minimum atomic E-state index is -0.579. The van der Waals surface area contributed by atoms with Crippen molar-refractivity contribution in [2.24, 2.45) is 0 Å². The molecule has 8 heavy (non-hydrogen) atoms. The Morgan fingerprint density at radius 3 is 1.88 bits per heavy atom. The van der Waals surface area contributed by atoms with E-state index in [-0.39, 0.29) is 0 Å².